The van der Waals surface area contributed by atoms with E-state index in [2.05, 4.69) is 20.6 Å². The molecule has 4 rings (SSSR count). The van der Waals surface area contributed by atoms with Crippen LogP contribution in [0, 0.1) is 5.92 Å². The van der Waals surface area contributed by atoms with E-state index in [1.54, 1.807) is 6.20 Å². The van der Waals surface area contributed by atoms with Gasteiger partial charge in [0.2, 0.25) is 0 Å². The van der Waals surface area contributed by atoms with Crippen molar-refractivity contribution in [1.82, 2.24) is 25.6 Å². The maximum atomic E-state index is 12.8. The monoisotopic (exact) mass is 431 g/mol. The average Bonchev–Trinajstić information content (AvgIpc) is 2.82. The maximum Gasteiger partial charge on any atom is 0.271 e. The van der Waals surface area contributed by atoms with Gasteiger partial charge >= 0.3 is 0 Å². The lowest BCUT2D eigenvalue weighted by molar-refractivity contribution is 0.0932. The number of rotatable bonds is 6. The average molecular weight is 432 g/mol. The van der Waals surface area contributed by atoms with Gasteiger partial charge in [0.1, 0.15) is 5.69 Å². The molecule has 3 aromatic rings. The van der Waals surface area contributed by atoms with E-state index in [9.17, 15) is 9.59 Å². The second kappa shape index (κ2) is 9.85. The standard InChI is InChI=1S/C25H29N5O2/c1-16(2)29-24(31)20-13-22(30-21-6-4-3-5-19(20)21)18-9-7-17(8-10-18)14-28-25(32)23-15-26-11-12-27-23/h3-6,11-13,15-18H,7-10,14H2,1-2H3,(H,28,32)(H,29,31). The Kier molecular flexibility index (Phi) is 6.73. The molecule has 1 fully saturated rings. The summed E-state index contributed by atoms with van der Waals surface area (Å²) in [6.45, 7) is 4.56. The summed E-state index contributed by atoms with van der Waals surface area (Å²) < 4.78 is 0. The summed E-state index contributed by atoms with van der Waals surface area (Å²) in [6, 6.07) is 9.87. The number of hydrogen-bond acceptors (Lipinski definition) is 5. The molecule has 32 heavy (non-hydrogen) atoms. The molecular formula is C25H29N5O2. The van der Waals surface area contributed by atoms with Gasteiger partial charge in [0.05, 0.1) is 17.3 Å². The van der Waals surface area contributed by atoms with E-state index in [0.29, 0.717) is 29.6 Å². The fraction of sp³-hybridized carbons (Fsp3) is 0.400. The number of para-hydroxylation sites is 1. The summed E-state index contributed by atoms with van der Waals surface area (Å²) in [7, 11) is 0. The molecule has 2 amide bonds. The molecule has 2 aromatic heterocycles. The van der Waals surface area contributed by atoms with Crippen LogP contribution >= 0.6 is 0 Å². The number of carbonyl (C=O) groups excluding carboxylic acids is 2. The largest absolute Gasteiger partial charge is 0.350 e. The van der Waals surface area contributed by atoms with Gasteiger partial charge < -0.3 is 10.6 Å². The fourth-order valence-electron chi connectivity index (χ4n) is 4.34. The Morgan fingerprint density at radius 1 is 1.06 bits per heavy atom. The van der Waals surface area contributed by atoms with Gasteiger partial charge in [0.25, 0.3) is 11.8 Å². The molecular weight excluding hydrogens is 402 g/mol. The van der Waals surface area contributed by atoms with Crippen LogP contribution in [-0.2, 0) is 0 Å². The second-order valence-electron chi connectivity index (χ2n) is 8.76. The molecule has 7 heteroatoms. The first-order valence-electron chi connectivity index (χ1n) is 11.3. The van der Waals surface area contributed by atoms with Gasteiger partial charge in [-0.15, -0.1) is 0 Å². The van der Waals surface area contributed by atoms with Gasteiger partial charge in [-0.2, -0.15) is 0 Å². The summed E-state index contributed by atoms with van der Waals surface area (Å²) in [5, 5.41) is 6.88. The maximum absolute atomic E-state index is 12.8. The van der Waals surface area contributed by atoms with E-state index < -0.39 is 0 Å². The van der Waals surface area contributed by atoms with E-state index in [4.69, 9.17) is 4.98 Å². The molecule has 0 saturated heterocycles. The van der Waals surface area contributed by atoms with Crippen LogP contribution in [0.5, 0.6) is 0 Å². The zero-order chi connectivity index (χ0) is 22.5. The summed E-state index contributed by atoms with van der Waals surface area (Å²) in [6.07, 6.45) is 8.54. The number of carbonyl (C=O) groups is 2. The molecule has 0 spiro atoms. The molecule has 2 heterocycles. The molecule has 7 nitrogen and oxygen atoms in total. The van der Waals surface area contributed by atoms with Crippen molar-refractivity contribution >= 4 is 22.7 Å². The quantitative estimate of drug-likeness (QED) is 0.618. The first kappa shape index (κ1) is 21.9. The molecule has 166 valence electrons. The summed E-state index contributed by atoms with van der Waals surface area (Å²) in [4.78, 5) is 37.9. The van der Waals surface area contributed by atoms with Crippen LogP contribution in [0.25, 0.3) is 10.9 Å². The van der Waals surface area contributed by atoms with Gasteiger partial charge in [-0.1, -0.05) is 18.2 Å². The van der Waals surface area contributed by atoms with Gasteiger partial charge in [-0.05, 0) is 57.6 Å². The van der Waals surface area contributed by atoms with Crippen LogP contribution in [-0.4, -0.2) is 39.4 Å². The van der Waals surface area contributed by atoms with Crippen molar-refractivity contribution in [3.8, 4) is 0 Å². The van der Waals surface area contributed by atoms with Crippen molar-refractivity contribution in [3.05, 3.63) is 65.9 Å². The first-order chi connectivity index (χ1) is 15.5. The lowest BCUT2D eigenvalue weighted by Crippen LogP contribution is -2.32. The normalized spacial score (nSPS) is 18.5. The molecule has 0 unspecified atom stereocenters. The van der Waals surface area contributed by atoms with E-state index in [1.807, 2.05) is 44.2 Å². The summed E-state index contributed by atoms with van der Waals surface area (Å²) in [5.41, 5.74) is 2.88. The van der Waals surface area contributed by atoms with Crippen LogP contribution < -0.4 is 10.6 Å². The van der Waals surface area contributed by atoms with Gasteiger partial charge in [-0.3, -0.25) is 19.6 Å². The van der Waals surface area contributed by atoms with Crippen molar-refractivity contribution in [1.29, 1.82) is 0 Å². The predicted octanol–water partition coefficient (Wildman–Crippen LogP) is 3.87. The Morgan fingerprint density at radius 3 is 2.56 bits per heavy atom. The van der Waals surface area contributed by atoms with Crippen LogP contribution in [0.15, 0.2) is 48.9 Å². The summed E-state index contributed by atoms with van der Waals surface area (Å²) >= 11 is 0. The lowest BCUT2D eigenvalue weighted by Gasteiger charge is -2.28. The van der Waals surface area contributed by atoms with E-state index in [1.165, 1.54) is 12.4 Å². The minimum atomic E-state index is -0.183. The van der Waals surface area contributed by atoms with Crippen LogP contribution in [0.1, 0.15) is 72.0 Å². The van der Waals surface area contributed by atoms with E-state index in [0.717, 1.165) is 42.3 Å². The number of nitrogens with zero attached hydrogens (tertiary/aromatic N) is 3. The Hall–Kier alpha value is -3.35. The zero-order valence-corrected chi connectivity index (χ0v) is 18.5. The van der Waals surface area contributed by atoms with E-state index in [-0.39, 0.29) is 17.9 Å². The van der Waals surface area contributed by atoms with Crippen molar-refractivity contribution < 1.29 is 9.59 Å². The Labute approximate surface area is 188 Å². The second-order valence-corrected chi connectivity index (χ2v) is 8.76. The van der Waals surface area contributed by atoms with Gasteiger partial charge in [-0.25, -0.2) is 4.98 Å². The number of aromatic nitrogens is 3. The molecule has 1 aliphatic carbocycles. The number of benzene rings is 1. The van der Waals surface area contributed by atoms with Crippen molar-refractivity contribution in [3.63, 3.8) is 0 Å². The molecule has 1 aliphatic rings. The lowest BCUT2D eigenvalue weighted by atomic mass is 9.80. The van der Waals surface area contributed by atoms with Crippen molar-refractivity contribution in [2.45, 2.75) is 51.5 Å². The Morgan fingerprint density at radius 2 is 1.84 bits per heavy atom. The molecule has 2 N–H and O–H groups in total. The van der Waals surface area contributed by atoms with Gasteiger partial charge in [0.15, 0.2) is 0 Å². The third-order valence-electron chi connectivity index (χ3n) is 6.01. The van der Waals surface area contributed by atoms with Crippen LogP contribution in [0.2, 0.25) is 0 Å². The Bertz CT molecular complexity index is 1090. The topological polar surface area (TPSA) is 96.9 Å². The summed E-state index contributed by atoms with van der Waals surface area (Å²) in [5.74, 6) is 0.505. The third kappa shape index (κ3) is 5.10. The zero-order valence-electron chi connectivity index (χ0n) is 18.5. The molecule has 1 saturated carbocycles. The number of fused-ring (bicyclic) bond motifs is 1. The van der Waals surface area contributed by atoms with Crippen molar-refractivity contribution in [2.24, 2.45) is 5.92 Å². The highest BCUT2D eigenvalue weighted by Gasteiger charge is 2.25. The predicted molar refractivity (Wildman–Crippen MR) is 123 cm³/mol. The molecule has 0 atom stereocenters. The smallest absolute Gasteiger partial charge is 0.271 e. The first-order valence-corrected chi connectivity index (χ1v) is 11.3. The SMILES string of the molecule is CC(C)NC(=O)c1cc(C2CCC(CNC(=O)c3cnccn3)CC2)nc2ccccc12. The number of hydrogen-bond donors (Lipinski definition) is 2. The highest BCUT2D eigenvalue weighted by Crippen LogP contribution is 2.36. The van der Waals surface area contributed by atoms with Crippen LogP contribution in [0.3, 0.4) is 0 Å². The highest BCUT2D eigenvalue weighted by atomic mass is 16.2. The Balaban J connectivity index is 1.42. The molecule has 0 radical (unpaired) electrons. The number of amides is 2. The molecule has 1 aromatic carbocycles. The molecule has 0 bridgehead atoms. The highest BCUT2D eigenvalue weighted by molar-refractivity contribution is 6.06. The minimum Gasteiger partial charge on any atom is -0.350 e. The van der Waals surface area contributed by atoms with Gasteiger partial charge in [0, 0.05) is 42.0 Å². The van der Waals surface area contributed by atoms with Crippen molar-refractivity contribution in [2.75, 3.05) is 6.54 Å². The van der Waals surface area contributed by atoms with Crippen LogP contribution in [0.4, 0.5) is 0 Å². The number of nitrogens with one attached hydrogen (secondary N) is 2. The number of pyridine rings is 1. The third-order valence-corrected chi connectivity index (χ3v) is 6.01. The minimum absolute atomic E-state index is 0.0553. The molecule has 0 aliphatic heterocycles. The fourth-order valence-corrected chi connectivity index (χ4v) is 4.34. The van der Waals surface area contributed by atoms with E-state index >= 15 is 0 Å².